The Morgan fingerprint density at radius 1 is 1.21 bits per heavy atom. The molecule has 2 heterocycles. The normalized spacial score (nSPS) is 21.9. The van der Waals surface area contributed by atoms with Crippen LogP contribution in [-0.4, -0.2) is 54.3 Å². The summed E-state index contributed by atoms with van der Waals surface area (Å²) in [4.78, 5) is 8.23. The number of pyridine rings is 1. The lowest BCUT2D eigenvalue weighted by Gasteiger charge is -2.23. The number of aromatic nitrogens is 1. The van der Waals surface area contributed by atoms with Gasteiger partial charge in [0.15, 0.2) is 0 Å². The van der Waals surface area contributed by atoms with Gasteiger partial charge < -0.3 is 14.9 Å². The van der Waals surface area contributed by atoms with Crippen LogP contribution in [0.4, 0.5) is 18.9 Å². The number of rotatable bonds is 2. The molecule has 7 heteroatoms. The van der Waals surface area contributed by atoms with Crippen LogP contribution in [0.5, 0.6) is 0 Å². The maximum atomic E-state index is 12.9. The molecule has 1 aromatic heterocycles. The molecule has 0 saturated carbocycles. The molecule has 0 spiro atoms. The largest absolute Gasteiger partial charge is 0.416 e. The second kappa shape index (κ2) is 5.89. The van der Waals surface area contributed by atoms with Gasteiger partial charge in [-0.2, -0.15) is 13.2 Å². The van der Waals surface area contributed by atoms with Crippen molar-refractivity contribution in [3.8, 4) is 0 Å². The van der Waals surface area contributed by atoms with Crippen LogP contribution in [0.15, 0.2) is 24.3 Å². The Kier molecular flexibility index (Phi) is 4.17. The molecule has 0 unspecified atom stereocenters. The predicted octanol–water partition coefficient (Wildman–Crippen LogP) is 2.67. The molecule has 4 nitrogen and oxygen atoms in total. The smallest absolute Gasteiger partial charge is 0.390 e. The van der Waals surface area contributed by atoms with E-state index in [2.05, 4.69) is 4.98 Å². The molecule has 1 aliphatic heterocycles. The number of fused-ring (bicyclic) bond motifs is 1. The lowest BCUT2D eigenvalue weighted by Crippen LogP contribution is -2.38. The minimum absolute atomic E-state index is 0.0111. The number of hydrogen-bond donors (Lipinski definition) is 1. The lowest BCUT2D eigenvalue weighted by atomic mass is 10.1. The van der Waals surface area contributed by atoms with E-state index in [-0.39, 0.29) is 6.04 Å². The summed E-state index contributed by atoms with van der Waals surface area (Å²) < 4.78 is 38.8. The summed E-state index contributed by atoms with van der Waals surface area (Å²) in [6.07, 6.45) is -4.89. The van der Waals surface area contributed by atoms with E-state index in [1.807, 2.05) is 30.0 Å². The number of alkyl halides is 3. The van der Waals surface area contributed by atoms with Gasteiger partial charge >= 0.3 is 6.18 Å². The Labute approximate surface area is 138 Å². The number of hydrogen-bond acceptors (Lipinski definition) is 4. The summed E-state index contributed by atoms with van der Waals surface area (Å²) >= 11 is 0. The fraction of sp³-hybridized carbons (Fsp3) is 0.471. The fourth-order valence-electron chi connectivity index (χ4n) is 3.25. The molecule has 2 atom stereocenters. The van der Waals surface area contributed by atoms with E-state index in [1.165, 1.54) is 6.07 Å². The highest BCUT2D eigenvalue weighted by atomic mass is 19.4. The van der Waals surface area contributed by atoms with Crippen LogP contribution >= 0.6 is 0 Å². The molecule has 0 amide bonds. The Morgan fingerprint density at radius 3 is 2.50 bits per heavy atom. The van der Waals surface area contributed by atoms with Gasteiger partial charge in [-0.25, -0.2) is 0 Å². The number of aryl methyl sites for hydroxylation is 1. The van der Waals surface area contributed by atoms with Crippen molar-refractivity contribution < 1.29 is 18.3 Å². The van der Waals surface area contributed by atoms with Crippen LogP contribution in [0.3, 0.4) is 0 Å². The fourth-order valence-corrected chi connectivity index (χ4v) is 3.25. The molecule has 24 heavy (non-hydrogen) atoms. The summed E-state index contributed by atoms with van der Waals surface area (Å²) in [5, 5.41) is 10.9. The van der Waals surface area contributed by atoms with Gasteiger partial charge in [-0.15, -0.1) is 0 Å². The maximum absolute atomic E-state index is 12.9. The van der Waals surface area contributed by atoms with Crippen molar-refractivity contribution in [2.24, 2.45) is 0 Å². The highest BCUT2D eigenvalue weighted by Gasteiger charge is 2.34. The Morgan fingerprint density at radius 2 is 1.92 bits per heavy atom. The highest BCUT2D eigenvalue weighted by molar-refractivity contribution is 5.92. The number of anilines is 1. The van der Waals surface area contributed by atoms with Crippen LogP contribution in [0, 0.1) is 6.92 Å². The third-order valence-electron chi connectivity index (χ3n) is 4.51. The molecule has 130 valence electrons. The second-order valence-corrected chi connectivity index (χ2v) is 6.52. The van der Waals surface area contributed by atoms with Crippen LogP contribution in [0.25, 0.3) is 10.9 Å². The van der Waals surface area contributed by atoms with Crippen molar-refractivity contribution in [1.29, 1.82) is 0 Å². The number of β-amino-alcohol motifs (C(OH)–C–C–N with tert-alkyl or cyclic N) is 1. The summed E-state index contributed by atoms with van der Waals surface area (Å²) in [7, 11) is 3.81. The number of nitrogens with zero attached hydrogens (tertiary/aromatic N) is 3. The van der Waals surface area contributed by atoms with Gasteiger partial charge in [-0.1, -0.05) is 6.07 Å². The van der Waals surface area contributed by atoms with E-state index in [0.717, 1.165) is 17.8 Å². The zero-order valence-electron chi connectivity index (χ0n) is 13.8. The summed E-state index contributed by atoms with van der Waals surface area (Å²) in [6.45, 7) is 2.83. The average Bonchev–Trinajstić information content (AvgIpc) is 2.86. The Balaban J connectivity index is 2.06. The Bertz CT molecular complexity index is 761. The SMILES string of the molecule is Cc1cc(N2C[C@H](O)[C@@H](N(C)C)C2)c2ccc(C(F)(F)F)cc2n1. The topological polar surface area (TPSA) is 39.6 Å². The number of aliphatic hydroxyl groups is 1. The number of benzene rings is 1. The number of halogens is 3. The molecular formula is C17H20F3N3O. The van der Waals surface area contributed by atoms with Gasteiger partial charge in [0, 0.05) is 29.9 Å². The van der Waals surface area contributed by atoms with E-state index < -0.39 is 17.8 Å². The predicted molar refractivity (Wildman–Crippen MR) is 87.2 cm³/mol. The van der Waals surface area contributed by atoms with Gasteiger partial charge in [0.2, 0.25) is 0 Å². The van der Waals surface area contributed by atoms with Crippen molar-refractivity contribution in [2.75, 3.05) is 32.1 Å². The van der Waals surface area contributed by atoms with Crippen molar-refractivity contribution in [3.63, 3.8) is 0 Å². The van der Waals surface area contributed by atoms with E-state index in [0.29, 0.717) is 29.7 Å². The average molecular weight is 339 g/mol. The van der Waals surface area contributed by atoms with Crippen LogP contribution in [-0.2, 0) is 6.18 Å². The number of likely N-dealkylation sites (N-methyl/N-ethyl adjacent to an activating group) is 1. The number of aliphatic hydroxyl groups excluding tert-OH is 1. The highest BCUT2D eigenvalue weighted by Crippen LogP contribution is 2.35. The minimum atomic E-state index is -4.39. The first-order chi connectivity index (χ1) is 11.2. The first-order valence-corrected chi connectivity index (χ1v) is 7.75. The van der Waals surface area contributed by atoms with Gasteiger partial charge in [0.05, 0.1) is 23.2 Å². The Hall–Kier alpha value is -1.86. The van der Waals surface area contributed by atoms with Gasteiger partial charge in [-0.3, -0.25) is 4.98 Å². The van der Waals surface area contributed by atoms with Crippen molar-refractivity contribution in [1.82, 2.24) is 9.88 Å². The first kappa shape index (κ1) is 17.0. The molecule has 1 fully saturated rings. The van der Waals surface area contributed by atoms with Crippen LogP contribution in [0.1, 0.15) is 11.3 Å². The van der Waals surface area contributed by atoms with Gasteiger partial charge in [0.1, 0.15) is 0 Å². The van der Waals surface area contributed by atoms with E-state index in [1.54, 1.807) is 6.92 Å². The summed E-state index contributed by atoms with van der Waals surface area (Å²) in [5.41, 5.74) is 1.09. The minimum Gasteiger partial charge on any atom is -0.390 e. The maximum Gasteiger partial charge on any atom is 0.416 e. The van der Waals surface area contributed by atoms with E-state index in [4.69, 9.17) is 0 Å². The van der Waals surface area contributed by atoms with Gasteiger partial charge in [-0.05, 0) is 39.2 Å². The van der Waals surface area contributed by atoms with Crippen LogP contribution < -0.4 is 4.90 Å². The quantitative estimate of drug-likeness (QED) is 0.913. The molecule has 1 aliphatic rings. The van der Waals surface area contributed by atoms with E-state index in [9.17, 15) is 18.3 Å². The van der Waals surface area contributed by atoms with E-state index >= 15 is 0 Å². The molecule has 3 rings (SSSR count). The molecule has 1 saturated heterocycles. The van der Waals surface area contributed by atoms with Crippen molar-refractivity contribution in [3.05, 3.63) is 35.5 Å². The third-order valence-corrected chi connectivity index (χ3v) is 4.51. The summed E-state index contributed by atoms with van der Waals surface area (Å²) in [6, 6.07) is 5.49. The molecule has 1 aromatic carbocycles. The molecule has 0 bridgehead atoms. The van der Waals surface area contributed by atoms with Crippen molar-refractivity contribution in [2.45, 2.75) is 25.2 Å². The van der Waals surface area contributed by atoms with Gasteiger partial charge in [0.25, 0.3) is 0 Å². The van der Waals surface area contributed by atoms with Crippen LogP contribution in [0.2, 0.25) is 0 Å². The molecule has 2 aromatic rings. The standard InChI is InChI=1S/C17H20F3N3O/c1-10-6-14(23-8-15(22(2)3)16(24)9-23)12-5-4-11(17(18,19)20)7-13(12)21-10/h4-7,15-16,24H,8-9H2,1-3H3/t15-,16-/m0/s1. The lowest BCUT2D eigenvalue weighted by molar-refractivity contribution is -0.137. The zero-order valence-corrected chi connectivity index (χ0v) is 13.8. The molecule has 0 aliphatic carbocycles. The molecule has 0 radical (unpaired) electrons. The molecule has 1 N–H and O–H groups in total. The summed E-state index contributed by atoms with van der Waals surface area (Å²) in [5.74, 6) is 0. The molecular weight excluding hydrogens is 319 g/mol. The monoisotopic (exact) mass is 339 g/mol. The zero-order chi connectivity index (χ0) is 17.6. The van der Waals surface area contributed by atoms with Crippen molar-refractivity contribution >= 4 is 16.6 Å². The third kappa shape index (κ3) is 3.06. The second-order valence-electron chi connectivity index (χ2n) is 6.52. The first-order valence-electron chi connectivity index (χ1n) is 7.75.